The summed E-state index contributed by atoms with van der Waals surface area (Å²) in [6.07, 6.45) is 6.05. The van der Waals surface area contributed by atoms with E-state index in [0.717, 1.165) is 6.42 Å². The second kappa shape index (κ2) is 4.99. The van der Waals surface area contributed by atoms with Crippen molar-refractivity contribution in [1.82, 2.24) is 0 Å². The van der Waals surface area contributed by atoms with Gasteiger partial charge in [0.25, 0.3) is 0 Å². The molecule has 0 bridgehead atoms. The van der Waals surface area contributed by atoms with E-state index in [1.165, 1.54) is 25.7 Å². The van der Waals surface area contributed by atoms with Gasteiger partial charge < -0.3 is 5.73 Å². The van der Waals surface area contributed by atoms with Crippen molar-refractivity contribution in [2.24, 2.45) is 11.1 Å². The normalized spacial score (nSPS) is 17.1. The molecule has 0 spiro atoms. The summed E-state index contributed by atoms with van der Waals surface area (Å²) in [4.78, 5) is 0. The zero-order valence-electron chi connectivity index (χ0n) is 10.1. The van der Waals surface area contributed by atoms with Crippen molar-refractivity contribution in [3.05, 3.63) is 0 Å². The molecule has 1 unspecified atom stereocenters. The van der Waals surface area contributed by atoms with Gasteiger partial charge >= 0.3 is 0 Å². The fourth-order valence-electron chi connectivity index (χ4n) is 1.37. The van der Waals surface area contributed by atoms with Crippen LogP contribution in [0, 0.1) is 5.41 Å². The average molecular weight is 185 g/mol. The number of nitrogens with two attached hydrogens (primary N) is 1. The molecule has 0 aromatic rings. The molecule has 2 N–H and O–H groups in total. The molecule has 0 fully saturated rings. The van der Waals surface area contributed by atoms with Gasteiger partial charge in [0, 0.05) is 5.54 Å². The molecule has 0 aromatic heterocycles. The predicted molar refractivity (Wildman–Crippen MR) is 60.8 cm³/mol. The molecule has 13 heavy (non-hydrogen) atoms. The molecular weight excluding hydrogens is 158 g/mol. The lowest BCUT2D eigenvalue weighted by Gasteiger charge is -2.28. The molecule has 1 atom stereocenters. The third-order valence-electron chi connectivity index (χ3n) is 2.55. The highest BCUT2D eigenvalue weighted by molar-refractivity contribution is 4.80. The predicted octanol–water partition coefficient (Wildman–Crippen LogP) is 3.72. The Labute approximate surface area is 84.1 Å². The van der Waals surface area contributed by atoms with Gasteiger partial charge in [0.1, 0.15) is 0 Å². The van der Waals surface area contributed by atoms with Crippen LogP contribution in [0.3, 0.4) is 0 Å². The maximum atomic E-state index is 6.21. The van der Waals surface area contributed by atoms with Crippen LogP contribution in [-0.4, -0.2) is 5.54 Å². The highest BCUT2D eigenvalue weighted by Gasteiger charge is 2.21. The molecule has 80 valence electrons. The summed E-state index contributed by atoms with van der Waals surface area (Å²) < 4.78 is 0. The Bertz CT molecular complexity index is 131. The van der Waals surface area contributed by atoms with E-state index in [2.05, 4.69) is 34.6 Å². The topological polar surface area (TPSA) is 26.0 Å². The van der Waals surface area contributed by atoms with E-state index in [0.29, 0.717) is 5.41 Å². The van der Waals surface area contributed by atoms with Crippen LogP contribution in [-0.2, 0) is 0 Å². The molecule has 0 saturated carbocycles. The second-order valence-corrected chi connectivity index (χ2v) is 5.82. The third kappa shape index (κ3) is 8.29. The smallest absolute Gasteiger partial charge is 0.0126 e. The maximum Gasteiger partial charge on any atom is 0.0126 e. The molecule has 0 aliphatic heterocycles. The van der Waals surface area contributed by atoms with Crippen molar-refractivity contribution in [3.63, 3.8) is 0 Å². The fraction of sp³-hybridized carbons (Fsp3) is 1.00. The van der Waals surface area contributed by atoms with Gasteiger partial charge in [-0.25, -0.2) is 0 Å². The molecule has 0 heterocycles. The van der Waals surface area contributed by atoms with Gasteiger partial charge in [-0.15, -0.1) is 0 Å². The van der Waals surface area contributed by atoms with Crippen molar-refractivity contribution in [2.45, 2.75) is 72.3 Å². The van der Waals surface area contributed by atoms with Crippen molar-refractivity contribution in [1.29, 1.82) is 0 Å². The van der Waals surface area contributed by atoms with Crippen molar-refractivity contribution < 1.29 is 0 Å². The van der Waals surface area contributed by atoms with E-state index in [-0.39, 0.29) is 5.54 Å². The largest absolute Gasteiger partial charge is 0.325 e. The molecule has 0 aromatic carbocycles. The zero-order chi connectivity index (χ0) is 10.5. The van der Waals surface area contributed by atoms with Crippen LogP contribution >= 0.6 is 0 Å². The summed E-state index contributed by atoms with van der Waals surface area (Å²) in [7, 11) is 0. The monoisotopic (exact) mass is 185 g/mol. The zero-order valence-corrected chi connectivity index (χ0v) is 10.1. The molecule has 0 saturated heterocycles. The first-order valence-electron chi connectivity index (χ1n) is 5.56. The Morgan fingerprint density at radius 3 is 1.85 bits per heavy atom. The first-order chi connectivity index (χ1) is 5.77. The van der Waals surface area contributed by atoms with E-state index in [1.54, 1.807) is 0 Å². The molecule has 1 heteroatoms. The van der Waals surface area contributed by atoms with Crippen molar-refractivity contribution in [3.8, 4) is 0 Å². The molecule has 0 amide bonds. The third-order valence-corrected chi connectivity index (χ3v) is 2.55. The van der Waals surface area contributed by atoms with Gasteiger partial charge in [-0.2, -0.15) is 0 Å². The number of unbranched alkanes of at least 4 members (excludes halogenated alkanes) is 1. The van der Waals surface area contributed by atoms with Crippen LogP contribution in [0.2, 0.25) is 0 Å². The van der Waals surface area contributed by atoms with E-state index < -0.39 is 0 Å². The maximum absolute atomic E-state index is 6.21. The summed E-state index contributed by atoms with van der Waals surface area (Å²) >= 11 is 0. The van der Waals surface area contributed by atoms with Crippen LogP contribution in [0.5, 0.6) is 0 Å². The summed E-state index contributed by atoms with van der Waals surface area (Å²) in [6.45, 7) is 11.3. The number of rotatable bonds is 5. The summed E-state index contributed by atoms with van der Waals surface area (Å²) in [5, 5.41) is 0. The quantitative estimate of drug-likeness (QED) is 0.694. The first-order valence-corrected chi connectivity index (χ1v) is 5.56. The minimum atomic E-state index is 0.0588. The highest BCUT2D eigenvalue weighted by Crippen LogP contribution is 2.26. The Morgan fingerprint density at radius 1 is 0.923 bits per heavy atom. The molecule has 0 aliphatic carbocycles. The molecule has 0 aliphatic rings. The highest BCUT2D eigenvalue weighted by atomic mass is 14.7. The number of hydrogen-bond donors (Lipinski definition) is 1. The number of hydrogen-bond acceptors (Lipinski definition) is 1. The molecule has 0 rings (SSSR count). The van der Waals surface area contributed by atoms with E-state index >= 15 is 0 Å². The van der Waals surface area contributed by atoms with Crippen LogP contribution in [0.15, 0.2) is 0 Å². The second-order valence-electron chi connectivity index (χ2n) is 5.82. The lowest BCUT2D eigenvalue weighted by Crippen LogP contribution is -2.36. The van der Waals surface area contributed by atoms with Gasteiger partial charge in [0.2, 0.25) is 0 Å². The van der Waals surface area contributed by atoms with Gasteiger partial charge in [-0.3, -0.25) is 0 Å². The van der Waals surface area contributed by atoms with Crippen LogP contribution in [0.25, 0.3) is 0 Å². The Hall–Kier alpha value is -0.0400. The minimum absolute atomic E-state index is 0.0588. The van der Waals surface area contributed by atoms with Crippen LogP contribution < -0.4 is 5.73 Å². The van der Waals surface area contributed by atoms with Crippen LogP contribution in [0.1, 0.15) is 66.7 Å². The lowest BCUT2D eigenvalue weighted by atomic mass is 9.82. The van der Waals surface area contributed by atoms with Crippen molar-refractivity contribution in [2.75, 3.05) is 0 Å². The van der Waals surface area contributed by atoms with E-state index in [1.807, 2.05) is 0 Å². The van der Waals surface area contributed by atoms with Gasteiger partial charge in [0.05, 0.1) is 0 Å². The Morgan fingerprint density at radius 2 is 1.46 bits per heavy atom. The fourth-order valence-corrected chi connectivity index (χ4v) is 1.37. The Balaban J connectivity index is 3.75. The summed E-state index contributed by atoms with van der Waals surface area (Å²) in [5.74, 6) is 0. The van der Waals surface area contributed by atoms with Gasteiger partial charge in [0.15, 0.2) is 0 Å². The standard InChI is InChI=1S/C12H27N/c1-6-7-8-12(5,13)10-9-11(2,3)4/h6-10,13H2,1-5H3. The first kappa shape index (κ1) is 13.0. The van der Waals surface area contributed by atoms with E-state index in [9.17, 15) is 0 Å². The lowest BCUT2D eigenvalue weighted by molar-refractivity contribution is 0.290. The Kier molecular flexibility index (Phi) is 4.98. The SMILES string of the molecule is CCCCC(C)(N)CCC(C)(C)C. The van der Waals surface area contributed by atoms with Gasteiger partial charge in [-0.05, 0) is 31.6 Å². The molecule has 0 radical (unpaired) electrons. The molecule has 1 nitrogen and oxygen atoms in total. The summed E-state index contributed by atoms with van der Waals surface area (Å²) in [6, 6.07) is 0. The van der Waals surface area contributed by atoms with Gasteiger partial charge in [-0.1, -0.05) is 40.5 Å². The van der Waals surface area contributed by atoms with Crippen LogP contribution in [0.4, 0.5) is 0 Å². The van der Waals surface area contributed by atoms with Crippen molar-refractivity contribution >= 4 is 0 Å². The average Bonchev–Trinajstić information content (AvgIpc) is 1.97. The van der Waals surface area contributed by atoms with E-state index in [4.69, 9.17) is 5.73 Å². The molecular formula is C12H27N. The summed E-state index contributed by atoms with van der Waals surface area (Å²) in [5.41, 5.74) is 6.69. The minimum Gasteiger partial charge on any atom is -0.325 e.